The molecular formula is C14H16N2O2. The van der Waals surface area contributed by atoms with Crippen LogP contribution >= 0.6 is 0 Å². The molecule has 4 heteroatoms. The van der Waals surface area contributed by atoms with Crippen LogP contribution in [0.15, 0.2) is 24.3 Å². The Hall–Kier alpha value is -1.94. The molecule has 0 aliphatic rings. The molecular weight excluding hydrogens is 228 g/mol. The number of phenols is 1. The number of aliphatic hydroxyl groups excluding tert-OH is 1. The summed E-state index contributed by atoms with van der Waals surface area (Å²) in [5.74, 6) is 0.799. The maximum Gasteiger partial charge on any atom is 0.159 e. The first-order valence-electron chi connectivity index (χ1n) is 5.86. The fraction of sp³-hybridized carbons (Fsp3) is 0.286. The number of aromatic hydroxyl groups is 1. The van der Waals surface area contributed by atoms with Crippen molar-refractivity contribution in [1.29, 1.82) is 0 Å². The number of phenolic OH excluding ortho intramolecular Hbond substituents is 1. The summed E-state index contributed by atoms with van der Waals surface area (Å²) in [5, 5.41) is 18.5. The maximum absolute atomic E-state index is 9.46. The normalized spacial score (nSPS) is 10.6. The van der Waals surface area contributed by atoms with Gasteiger partial charge in [-0.25, -0.2) is 9.97 Å². The molecule has 0 unspecified atom stereocenters. The highest BCUT2D eigenvalue weighted by Gasteiger charge is 2.09. The van der Waals surface area contributed by atoms with Crippen molar-refractivity contribution < 1.29 is 10.2 Å². The topological polar surface area (TPSA) is 66.2 Å². The molecule has 2 aromatic rings. The predicted octanol–water partition coefficient (Wildman–Crippen LogP) is 2.00. The fourth-order valence-corrected chi connectivity index (χ4v) is 1.99. The van der Waals surface area contributed by atoms with Gasteiger partial charge in [-0.3, -0.25) is 0 Å². The zero-order chi connectivity index (χ0) is 13.1. The average Bonchev–Trinajstić information content (AvgIpc) is 2.33. The molecule has 0 amide bonds. The molecule has 0 aliphatic heterocycles. The van der Waals surface area contributed by atoms with E-state index < -0.39 is 0 Å². The number of aryl methyl sites for hydroxylation is 2. The Morgan fingerprint density at radius 3 is 2.33 bits per heavy atom. The standard InChI is InChI=1S/C14H16N2O2/c1-9-13(6-7-17)10(2)16-14(15-9)11-4-3-5-12(18)8-11/h3-5,8,17-18H,6-7H2,1-2H3. The van der Waals surface area contributed by atoms with Crippen LogP contribution < -0.4 is 0 Å². The number of hydrogen-bond acceptors (Lipinski definition) is 4. The zero-order valence-corrected chi connectivity index (χ0v) is 10.5. The van der Waals surface area contributed by atoms with Crippen molar-refractivity contribution >= 4 is 0 Å². The Morgan fingerprint density at radius 1 is 1.11 bits per heavy atom. The van der Waals surface area contributed by atoms with Crippen LogP contribution in [0.3, 0.4) is 0 Å². The summed E-state index contributed by atoms with van der Waals surface area (Å²) in [4.78, 5) is 8.86. The van der Waals surface area contributed by atoms with Crippen molar-refractivity contribution in [3.63, 3.8) is 0 Å². The van der Waals surface area contributed by atoms with Crippen LogP contribution in [0.4, 0.5) is 0 Å². The van der Waals surface area contributed by atoms with Gasteiger partial charge in [0.15, 0.2) is 5.82 Å². The summed E-state index contributed by atoms with van der Waals surface area (Å²) in [6.45, 7) is 3.91. The minimum atomic E-state index is 0.0938. The lowest BCUT2D eigenvalue weighted by Crippen LogP contribution is -2.04. The minimum absolute atomic E-state index is 0.0938. The molecule has 1 aromatic heterocycles. The van der Waals surface area contributed by atoms with Gasteiger partial charge in [-0.1, -0.05) is 12.1 Å². The molecule has 1 heterocycles. The van der Waals surface area contributed by atoms with Gasteiger partial charge in [0.1, 0.15) is 5.75 Å². The highest BCUT2D eigenvalue weighted by molar-refractivity contribution is 5.58. The molecule has 0 fully saturated rings. The fourth-order valence-electron chi connectivity index (χ4n) is 1.99. The summed E-state index contributed by atoms with van der Waals surface area (Å²) < 4.78 is 0. The lowest BCUT2D eigenvalue weighted by Gasteiger charge is -2.10. The monoisotopic (exact) mass is 244 g/mol. The number of aromatic nitrogens is 2. The van der Waals surface area contributed by atoms with E-state index in [0.717, 1.165) is 22.5 Å². The first-order chi connectivity index (χ1) is 8.61. The molecule has 0 atom stereocenters. The Balaban J connectivity index is 2.48. The molecule has 0 saturated heterocycles. The molecule has 0 bridgehead atoms. The molecule has 4 nitrogen and oxygen atoms in total. The number of rotatable bonds is 3. The maximum atomic E-state index is 9.46. The van der Waals surface area contributed by atoms with Crippen molar-refractivity contribution in [2.45, 2.75) is 20.3 Å². The molecule has 0 radical (unpaired) electrons. The third-order valence-electron chi connectivity index (χ3n) is 2.89. The van der Waals surface area contributed by atoms with Crippen LogP contribution in [0.25, 0.3) is 11.4 Å². The van der Waals surface area contributed by atoms with Crippen LogP contribution in [0, 0.1) is 13.8 Å². The van der Waals surface area contributed by atoms with E-state index in [0.29, 0.717) is 12.2 Å². The summed E-state index contributed by atoms with van der Waals surface area (Å²) >= 11 is 0. The van der Waals surface area contributed by atoms with Gasteiger partial charge in [0.25, 0.3) is 0 Å². The highest BCUT2D eigenvalue weighted by atomic mass is 16.3. The predicted molar refractivity (Wildman–Crippen MR) is 69.4 cm³/mol. The first kappa shape index (κ1) is 12.5. The van der Waals surface area contributed by atoms with E-state index >= 15 is 0 Å². The van der Waals surface area contributed by atoms with Crippen molar-refractivity contribution in [1.82, 2.24) is 9.97 Å². The number of hydrogen-bond donors (Lipinski definition) is 2. The van der Waals surface area contributed by atoms with Crippen molar-refractivity contribution in [3.05, 3.63) is 41.2 Å². The highest BCUT2D eigenvalue weighted by Crippen LogP contribution is 2.22. The summed E-state index contributed by atoms with van der Waals surface area (Å²) in [6, 6.07) is 6.88. The average molecular weight is 244 g/mol. The van der Waals surface area contributed by atoms with Gasteiger partial charge in [0, 0.05) is 23.6 Å². The van der Waals surface area contributed by atoms with Gasteiger partial charge >= 0.3 is 0 Å². The molecule has 0 aliphatic carbocycles. The first-order valence-corrected chi connectivity index (χ1v) is 5.86. The van der Waals surface area contributed by atoms with Gasteiger partial charge in [-0.2, -0.15) is 0 Å². The zero-order valence-electron chi connectivity index (χ0n) is 10.5. The van der Waals surface area contributed by atoms with Gasteiger partial charge < -0.3 is 10.2 Å². The van der Waals surface area contributed by atoms with Crippen LogP contribution in [-0.2, 0) is 6.42 Å². The van der Waals surface area contributed by atoms with Crippen LogP contribution in [0.5, 0.6) is 5.75 Å². The second-order valence-corrected chi connectivity index (χ2v) is 4.22. The summed E-state index contributed by atoms with van der Waals surface area (Å²) in [6.07, 6.45) is 0.567. The van der Waals surface area contributed by atoms with Crippen molar-refractivity contribution in [3.8, 4) is 17.1 Å². The van der Waals surface area contributed by atoms with Crippen LogP contribution in [0.2, 0.25) is 0 Å². The second-order valence-electron chi connectivity index (χ2n) is 4.22. The lowest BCUT2D eigenvalue weighted by molar-refractivity contribution is 0.299. The van der Waals surface area contributed by atoms with E-state index in [2.05, 4.69) is 9.97 Å². The van der Waals surface area contributed by atoms with E-state index in [-0.39, 0.29) is 12.4 Å². The Bertz CT molecular complexity index is 544. The molecule has 94 valence electrons. The van der Waals surface area contributed by atoms with E-state index in [1.165, 1.54) is 0 Å². The SMILES string of the molecule is Cc1nc(-c2cccc(O)c2)nc(C)c1CCO. The van der Waals surface area contributed by atoms with Gasteiger partial charge in [-0.05, 0) is 38.0 Å². The van der Waals surface area contributed by atoms with E-state index in [1.54, 1.807) is 18.2 Å². The third kappa shape index (κ3) is 2.49. The number of aliphatic hydroxyl groups is 1. The largest absolute Gasteiger partial charge is 0.508 e. The second kappa shape index (κ2) is 5.14. The van der Waals surface area contributed by atoms with E-state index in [1.807, 2.05) is 19.9 Å². The number of benzene rings is 1. The van der Waals surface area contributed by atoms with Crippen molar-refractivity contribution in [2.75, 3.05) is 6.61 Å². The van der Waals surface area contributed by atoms with E-state index in [4.69, 9.17) is 5.11 Å². The smallest absolute Gasteiger partial charge is 0.159 e. The third-order valence-corrected chi connectivity index (χ3v) is 2.89. The van der Waals surface area contributed by atoms with Crippen molar-refractivity contribution in [2.24, 2.45) is 0 Å². The van der Waals surface area contributed by atoms with Gasteiger partial charge in [0.05, 0.1) is 0 Å². The molecule has 0 saturated carbocycles. The molecule has 2 N–H and O–H groups in total. The van der Waals surface area contributed by atoms with Gasteiger partial charge in [-0.15, -0.1) is 0 Å². The molecule has 1 aromatic carbocycles. The summed E-state index contributed by atoms with van der Waals surface area (Å²) in [7, 11) is 0. The number of nitrogens with zero attached hydrogens (tertiary/aromatic N) is 2. The Kier molecular flexibility index (Phi) is 3.58. The Morgan fingerprint density at radius 2 is 1.78 bits per heavy atom. The summed E-state index contributed by atoms with van der Waals surface area (Å²) in [5.41, 5.74) is 3.52. The van der Waals surface area contributed by atoms with Crippen LogP contribution in [0.1, 0.15) is 17.0 Å². The van der Waals surface area contributed by atoms with E-state index in [9.17, 15) is 5.11 Å². The van der Waals surface area contributed by atoms with Gasteiger partial charge in [0.2, 0.25) is 0 Å². The molecule has 0 spiro atoms. The molecule has 2 rings (SSSR count). The quantitative estimate of drug-likeness (QED) is 0.866. The minimum Gasteiger partial charge on any atom is -0.508 e. The van der Waals surface area contributed by atoms with Crippen LogP contribution in [-0.4, -0.2) is 26.8 Å². The Labute approximate surface area is 106 Å². The lowest BCUT2D eigenvalue weighted by atomic mass is 10.1. The molecule has 18 heavy (non-hydrogen) atoms.